The number of alkyl halides is 1. The van der Waals surface area contributed by atoms with Crippen LogP contribution < -0.4 is 20.2 Å². The topological polar surface area (TPSA) is 19.4 Å². The molecule has 0 amide bonds. The van der Waals surface area contributed by atoms with E-state index in [-0.39, 0.29) is 11.8 Å². The molecule has 0 fully saturated rings. The normalized spacial score (nSPS) is 20.0. The number of hydrogen-bond acceptors (Lipinski definition) is 3. The monoisotopic (exact) mass is 995 g/mol. The third-order valence-corrected chi connectivity index (χ3v) is 23.1. The van der Waals surface area contributed by atoms with Crippen LogP contribution in [0.25, 0.3) is 11.3 Å². The lowest BCUT2D eigenvalue weighted by Gasteiger charge is -2.45. The van der Waals surface area contributed by atoms with Crippen LogP contribution in [0.3, 0.4) is 0 Å². The minimum absolute atomic E-state index is 0.199. The number of rotatable bonds is 12. The second-order valence-electron chi connectivity index (χ2n) is 20.4. The van der Waals surface area contributed by atoms with Gasteiger partial charge in [-0.25, -0.2) is 0 Å². The van der Waals surface area contributed by atoms with E-state index in [1.807, 2.05) is 0 Å². The fraction of sp³-hybridized carbons (Fsp3) is 0.237. The van der Waals surface area contributed by atoms with Gasteiger partial charge in [0.15, 0.2) is 0 Å². The number of halogens is 1. The molecule has 1 aromatic heterocycles. The van der Waals surface area contributed by atoms with Crippen molar-refractivity contribution >= 4 is 70.5 Å². The van der Waals surface area contributed by atoms with Crippen LogP contribution >= 0.6 is 18.9 Å². The smallest absolute Gasteiger partial charge is 0.0775 e. The number of hydrogen-bond donors (Lipinski definition) is 0. The Morgan fingerprint density at radius 2 is 1.23 bits per heavy atom. The Kier molecular flexibility index (Phi) is 11.7. The van der Waals surface area contributed by atoms with Crippen molar-refractivity contribution in [3.05, 3.63) is 214 Å². The molecule has 2 heterocycles. The van der Waals surface area contributed by atoms with Gasteiger partial charge in [0, 0.05) is 38.9 Å². The number of anilines is 3. The molecule has 1 aliphatic heterocycles. The second-order valence-corrected chi connectivity index (χ2v) is 35.4. The van der Waals surface area contributed by atoms with Gasteiger partial charge in [-0.1, -0.05) is 175 Å². The Hall–Kier alpha value is -5.29. The van der Waals surface area contributed by atoms with Crippen LogP contribution in [0, 0.1) is 18.8 Å². The van der Waals surface area contributed by atoms with E-state index in [0.717, 1.165) is 35.5 Å². The van der Waals surface area contributed by atoms with Crippen molar-refractivity contribution < 1.29 is 0 Å². The van der Waals surface area contributed by atoms with Crippen LogP contribution in [0.2, 0.25) is 39.3 Å². The molecule has 65 heavy (non-hydrogen) atoms. The summed E-state index contributed by atoms with van der Waals surface area (Å²) < 4.78 is 6.72. The summed E-state index contributed by atoms with van der Waals surface area (Å²) in [6.07, 6.45) is 23.4. The standard InChI is InChI=1S/C59H62IN3Si2/c1-9-42-12-16-44(17-13-42)55-33-26-50(40-61-55)63(47-22-10-41(2)11-23-47)57-35-21-46-18-31-53-56(34-20-45-19-32-54(57)59(46)58(45)53)62(48-24-29-52(30-25-48)65(6,7)8)49-36-37-60(39-49)38-43-14-27-51(28-15-43)64(3,4)5/h10-35,37,39-40,49,58-59H,9,36,38H2,1-8H3. The van der Waals surface area contributed by atoms with E-state index in [2.05, 4.69) is 235 Å². The molecule has 0 saturated heterocycles. The Morgan fingerprint density at radius 1 is 0.615 bits per heavy atom. The van der Waals surface area contributed by atoms with Crippen LogP contribution in [0.1, 0.15) is 30.0 Å². The minimum atomic E-state index is -1.48. The molecule has 4 aromatic carbocycles. The molecule has 4 aliphatic carbocycles. The van der Waals surface area contributed by atoms with Crippen LogP contribution in [0.15, 0.2) is 198 Å². The summed E-state index contributed by atoms with van der Waals surface area (Å²) in [7, 11) is -2.80. The maximum Gasteiger partial charge on any atom is 0.0775 e. The quantitative estimate of drug-likeness (QED) is 0.0705. The number of pyridine rings is 1. The van der Waals surface area contributed by atoms with Crippen molar-refractivity contribution in [3.8, 4) is 11.3 Å². The van der Waals surface area contributed by atoms with Crippen molar-refractivity contribution in [2.24, 2.45) is 11.8 Å². The summed E-state index contributed by atoms with van der Waals surface area (Å²) in [5.41, 5.74) is 17.8. The average Bonchev–Trinajstić information content (AvgIpc) is 3.77. The summed E-state index contributed by atoms with van der Waals surface area (Å²) in [6, 6.07) is 41.9. The van der Waals surface area contributed by atoms with Gasteiger partial charge in [-0.05, 0) is 106 Å². The summed E-state index contributed by atoms with van der Waals surface area (Å²) in [6.45, 7) is 19.0. The van der Waals surface area contributed by atoms with E-state index >= 15 is 0 Å². The lowest BCUT2D eigenvalue weighted by Crippen LogP contribution is -2.41. The van der Waals surface area contributed by atoms with E-state index in [1.54, 1.807) is 5.19 Å². The average molecular weight is 996 g/mol. The lowest BCUT2D eigenvalue weighted by atomic mass is 9.63. The number of aryl methyl sites for hydroxylation is 2. The van der Waals surface area contributed by atoms with E-state index in [1.165, 1.54) is 65.7 Å². The zero-order chi connectivity index (χ0) is 45.0. The third kappa shape index (κ3) is 8.66. The first-order valence-electron chi connectivity index (χ1n) is 23.5. The van der Waals surface area contributed by atoms with Crippen molar-refractivity contribution in [2.45, 2.75) is 76.4 Å². The highest BCUT2D eigenvalue weighted by Gasteiger charge is 2.43. The Morgan fingerprint density at radius 3 is 1.89 bits per heavy atom. The zero-order valence-electron chi connectivity index (χ0n) is 39.3. The van der Waals surface area contributed by atoms with Crippen molar-refractivity contribution in [1.82, 2.24) is 4.98 Å². The zero-order valence-corrected chi connectivity index (χ0v) is 43.5. The first kappa shape index (κ1) is 43.6. The molecule has 5 aliphatic rings. The largest absolute Gasteiger partial charge is 0.334 e. The second kappa shape index (κ2) is 17.5. The van der Waals surface area contributed by atoms with E-state index < -0.39 is 35.0 Å². The third-order valence-electron chi connectivity index (χ3n) is 13.9. The number of aromatic nitrogens is 1. The number of benzene rings is 4. The Labute approximate surface area is 396 Å². The van der Waals surface area contributed by atoms with Crippen LogP contribution in [0.4, 0.5) is 17.1 Å². The van der Waals surface area contributed by atoms with Gasteiger partial charge in [0.05, 0.1) is 45.5 Å². The Balaban J connectivity index is 1.02. The highest BCUT2D eigenvalue weighted by molar-refractivity contribution is 14.2. The molecule has 3 unspecified atom stereocenters. The van der Waals surface area contributed by atoms with Crippen molar-refractivity contribution in [2.75, 3.05) is 9.80 Å². The predicted octanol–water partition coefficient (Wildman–Crippen LogP) is 13.8. The maximum absolute atomic E-state index is 5.08. The highest BCUT2D eigenvalue weighted by atomic mass is 127. The number of allylic oxidation sites excluding steroid dienone is 12. The maximum atomic E-state index is 5.08. The van der Waals surface area contributed by atoms with E-state index in [9.17, 15) is 0 Å². The van der Waals surface area contributed by atoms with Gasteiger partial charge in [0.1, 0.15) is 0 Å². The molecule has 0 radical (unpaired) electrons. The lowest BCUT2D eigenvalue weighted by molar-refractivity contribution is 0.548. The molecule has 328 valence electrons. The van der Waals surface area contributed by atoms with Crippen LogP contribution in [-0.2, 0) is 10.8 Å². The van der Waals surface area contributed by atoms with Gasteiger partial charge >= 0.3 is 0 Å². The van der Waals surface area contributed by atoms with Gasteiger partial charge in [-0.2, -0.15) is 18.9 Å². The SMILES string of the molecule is CCc1ccc(-c2ccc(N(C3=C4C=CC5=CC=C(N(c6ccc([Si](C)(C)C)cc6)C6C=I(Cc7ccc([Si](C)(C)C)cc7)=CC6)C6=CC=C(C=C3)C4C56)c3ccc(C)cc3)cn2)cc1. The van der Waals surface area contributed by atoms with Gasteiger partial charge in [0.25, 0.3) is 0 Å². The Bertz CT molecular complexity index is 2960. The molecular weight excluding hydrogens is 934 g/mol. The summed E-state index contributed by atoms with van der Waals surface area (Å²) >= 11 is -1.48. The molecule has 0 bridgehead atoms. The molecule has 0 saturated carbocycles. The van der Waals surface area contributed by atoms with Gasteiger partial charge in [-0.3, -0.25) is 4.98 Å². The summed E-state index contributed by atoms with van der Waals surface area (Å²) in [5.74, 6) is 0.417. The van der Waals surface area contributed by atoms with E-state index in [0.29, 0.717) is 6.04 Å². The van der Waals surface area contributed by atoms with Gasteiger partial charge < -0.3 is 9.80 Å². The van der Waals surface area contributed by atoms with Gasteiger partial charge in [0.2, 0.25) is 0 Å². The number of nitrogens with zero attached hydrogens (tertiary/aromatic N) is 3. The van der Waals surface area contributed by atoms with Crippen molar-refractivity contribution in [3.63, 3.8) is 0 Å². The molecular formula is C59H62IN3Si2. The molecule has 0 spiro atoms. The fourth-order valence-electron chi connectivity index (χ4n) is 10.0. The van der Waals surface area contributed by atoms with Gasteiger partial charge in [-0.15, -0.1) is 0 Å². The first-order chi connectivity index (χ1) is 31.3. The minimum Gasteiger partial charge on any atom is -0.334 e. The van der Waals surface area contributed by atoms with Crippen molar-refractivity contribution in [1.29, 1.82) is 0 Å². The summed E-state index contributed by atoms with van der Waals surface area (Å²) in [5, 5.41) is 3.05. The molecule has 0 N–H and O–H groups in total. The highest BCUT2D eigenvalue weighted by Crippen LogP contribution is 2.53. The molecule has 5 aromatic rings. The molecule has 10 rings (SSSR count). The van der Waals surface area contributed by atoms with E-state index in [4.69, 9.17) is 4.98 Å². The predicted molar refractivity (Wildman–Crippen MR) is 297 cm³/mol. The summed E-state index contributed by atoms with van der Waals surface area (Å²) in [4.78, 5) is 10.2. The molecule has 3 nitrogen and oxygen atoms in total. The molecule has 3 atom stereocenters. The molecule has 6 heteroatoms. The fourth-order valence-corrected chi connectivity index (χ4v) is 17.6. The van der Waals surface area contributed by atoms with Crippen LogP contribution in [0.5, 0.6) is 0 Å². The first-order valence-corrected chi connectivity index (χ1v) is 34.5. The van der Waals surface area contributed by atoms with Crippen LogP contribution in [-0.4, -0.2) is 35.2 Å².